The fraction of sp³-hybridized carbons (Fsp3) is 0.438. The third-order valence-electron chi connectivity index (χ3n) is 4.28. The second-order valence-corrected chi connectivity index (χ2v) is 5.75. The number of hydrogen-bond acceptors (Lipinski definition) is 4. The van der Waals surface area contributed by atoms with Crippen LogP contribution in [0.1, 0.15) is 12.8 Å². The molecule has 2 aromatic rings. The third-order valence-corrected chi connectivity index (χ3v) is 4.28. The van der Waals surface area contributed by atoms with Gasteiger partial charge in [-0.15, -0.1) is 0 Å². The molecule has 3 N–H and O–H groups in total. The normalized spacial score (nSPS) is 17.4. The summed E-state index contributed by atoms with van der Waals surface area (Å²) in [6.07, 6.45) is 6.17. The SMILES string of the molecule is CN1CCC(CNc2ccc3cnccc3c2N)CC1. The minimum absolute atomic E-state index is 0.749. The molecule has 0 amide bonds. The van der Waals surface area contributed by atoms with E-state index in [4.69, 9.17) is 5.73 Å². The molecular weight excluding hydrogens is 248 g/mol. The number of benzene rings is 1. The van der Waals surface area contributed by atoms with Gasteiger partial charge in [-0.05, 0) is 51.0 Å². The largest absolute Gasteiger partial charge is 0.397 e. The Labute approximate surface area is 120 Å². The summed E-state index contributed by atoms with van der Waals surface area (Å²) in [7, 11) is 2.19. The van der Waals surface area contributed by atoms with Crippen molar-refractivity contribution in [3.63, 3.8) is 0 Å². The van der Waals surface area contributed by atoms with Gasteiger partial charge in [-0.25, -0.2) is 0 Å². The van der Waals surface area contributed by atoms with Crippen molar-refractivity contribution in [1.29, 1.82) is 0 Å². The molecule has 0 radical (unpaired) electrons. The summed E-state index contributed by atoms with van der Waals surface area (Å²) in [6, 6.07) is 6.12. The van der Waals surface area contributed by atoms with Crippen molar-refractivity contribution in [1.82, 2.24) is 9.88 Å². The zero-order valence-corrected chi connectivity index (χ0v) is 12.0. The molecule has 1 saturated heterocycles. The molecule has 1 aliphatic heterocycles. The molecule has 3 rings (SSSR count). The predicted molar refractivity (Wildman–Crippen MR) is 84.9 cm³/mol. The van der Waals surface area contributed by atoms with Gasteiger partial charge in [0.1, 0.15) is 0 Å². The number of nitrogens with two attached hydrogens (primary N) is 1. The van der Waals surface area contributed by atoms with Crippen molar-refractivity contribution in [3.8, 4) is 0 Å². The number of piperidine rings is 1. The molecule has 106 valence electrons. The summed E-state index contributed by atoms with van der Waals surface area (Å²) < 4.78 is 0. The number of hydrogen-bond donors (Lipinski definition) is 2. The van der Waals surface area contributed by atoms with Crippen LogP contribution in [-0.4, -0.2) is 36.6 Å². The molecule has 1 aromatic heterocycles. The van der Waals surface area contributed by atoms with Crippen molar-refractivity contribution < 1.29 is 0 Å². The van der Waals surface area contributed by atoms with Crippen LogP contribution in [0.5, 0.6) is 0 Å². The van der Waals surface area contributed by atoms with Gasteiger partial charge in [0.2, 0.25) is 0 Å². The van der Waals surface area contributed by atoms with Crippen LogP contribution in [0.3, 0.4) is 0 Å². The van der Waals surface area contributed by atoms with E-state index in [0.29, 0.717) is 0 Å². The van der Waals surface area contributed by atoms with Crippen molar-refractivity contribution in [2.24, 2.45) is 5.92 Å². The minimum atomic E-state index is 0.749. The Morgan fingerprint density at radius 2 is 2.10 bits per heavy atom. The van der Waals surface area contributed by atoms with Gasteiger partial charge in [0.25, 0.3) is 0 Å². The maximum Gasteiger partial charge on any atom is 0.0630 e. The lowest BCUT2D eigenvalue weighted by Crippen LogP contribution is -2.33. The molecule has 4 nitrogen and oxygen atoms in total. The number of nitrogens with one attached hydrogen (secondary N) is 1. The Kier molecular flexibility index (Phi) is 3.74. The summed E-state index contributed by atoms with van der Waals surface area (Å²) in [5, 5.41) is 5.70. The van der Waals surface area contributed by atoms with Gasteiger partial charge in [0, 0.05) is 29.7 Å². The number of nitrogen functional groups attached to an aromatic ring is 1. The van der Waals surface area contributed by atoms with E-state index in [2.05, 4.69) is 34.4 Å². The molecule has 2 heterocycles. The summed E-state index contributed by atoms with van der Waals surface area (Å²) >= 11 is 0. The van der Waals surface area contributed by atoms with E-state index in [1.54, 1.807) is 6.20 Å². The van der Waals surface area contributed by atoms with E-state index in [9.17, 15) is 0 Å². The average molecular weight is 270 g/mol. The lowest BCUT2D eigenvalue weighted by Gasteiger charge is -2.29. The fourth-order valence-corrected chi connectivity index (χ4v) is 2.87. The van der Waals surface area contributed by atoms with Crippen LogP contribution in [0.4, 0.5) is 11.4 Å². The Morgan fingerprint density at radius 1 is 1.30 bits per heavy atom. The van der Waals surface area contributed by atoms with Crippen LogP contribution < -0.4 is 11.1 Å². The van der Waals surface area contributed by atoms with Crippen LogP contribution >= 0.6 is 0 Å². The molecule has 20 heavy (non-hydrogen) atoms. The van der Waals surface area contributed by atoms with Crippen molar-refractivity contribution in [3.05, 3.63) is 30.6 Å². The van der Waals surface area contributed by atoms with Crippen LogP contribution in [0.15, 0.2) is 30.6 Å². The maximum absolute atomic E-state index is 6.26. The summed E-state index contributed by atoms with van der Waals surface area (Å²) in [4.78, 5) is 6.53. The second kappa shape index (κ2) is 5.67. The monoisotopic (exact) mass is 270 g/mol. The lowest BCUT2D eigenvalue weighted by atomic mass is 9.97. The smallest absolute Gasteiger partial charge is 0.0630 e. The third kappa shape index (κ3) is 2.70. The van der Waals surface area contributed by atoms with Gasteiger partial charge in [0.05, 0.1) is 11.4 Å². The number of pyridine rings is 1. The lowest BCUT2D eigenvalue weighted by molar-refractivity contribution is 0.226. The summed E-state index contributed by atoms with van der Waals surface area (Å²) in [6.45, 7) is 3.41. The quantitative estimate of drug-likeness (QED) is 0.842. The van der Waals surface area contributed by atoms with Crippen molar-refractivity contribution in [2.45, 2.75) is 12.8 Å². The first kappa shape index (κ1) is 13.2. The zero-order chi connectivity index (χ0) is 13.9. The Bertz CT molecular complexity index is 588. The fourth-order valence-electron chi connectivity index (χ4n) is 2.87. The highest BCUT2D eigenvalue weighted by molar-refractivity contribution is 5.98. The van der Waals surface area contributed by atoms with E-state index >= 15 is 0 Å². The molecule has 1 fully saturated rings. The van der Waals surface area contributed by atoms with E-state index in [1.165, 1.54) is 25.9 Å². The number of rotatable bonds is 3. The van der Waals surface area contributed by atoms with Crippen LogP contribution in [-0.2, 0) is 0 Å². The van der Waals surface area contributed by atoms with E-state index < -0.39 is 0 Å². The van der Waals surface area contributed by atoms with Gasteiger partial charge in [-0.2, -0.15) is 0 Å². The maximum atomic E-state index is 6.26. The Balaban J connectivity index is 1.70. The number of anilines is 2. The molecular formula is C16H22N4. The molecule has 4 heteroatoms. The topological polar surface area (TPSA) is 54.2 Å². The van der Waals surface area contributed by atoms with Gasteiger partial charge in [-0.3, -0.25) is 4.98 Å². The standard InChI is InChI=1S/C16H22N4/c1-20-8-5-12(6-9-20)10-19-15-3-2-13-11-18-7-4-14(13)16(15)17/h2-4,7,11-12,19H,5-6,8-10,17H2,1H3. The molecule has 0 aliphatic carbocycles. The highest BCUT2D eigenvalue weighted by Crippen LogP contribution is 2.28. The second-order valence-electron chi connectivity index (χ2n) is 5.75. The summed E-state index contributed by atoms with van der Waals surface area (Å²) in [5.74, 6) is 0.749. The summed E-state index contributed by atoms with van der Waals surface area (Å²) in [5.41, 5.74) is 8.13. The number of fused-ring (bicyclic) bond motifs is 1. The van der Waals surface area contributed by atoms with Crippen molar-refractivity contribution in [2.75, 3.05) is 37.7 Å². The Morgan fingerprint density at radius 3 is 2.90 bits per heavy atom. The molecule has 1 aliphatic rings. The van der Waals surface area contributed by atoms with Crippen molar-refractivity contribution >= 4 is 22.1 Å². The van der Waals surface area contributed by atoms with E-state index in [1.807, 2.05) is 12.3 Å². The van der Waals surface area contributed by atoms with Gasteiger partial charge in [-0.1, -0.05) is 6.07 Å². The first-order chi connectivity index (χ1) is 9.74. The molecule has 0 bridgehead atoms. The molecule has 1 aromatic carbocycles. The predicted octanol–water partition coefficient (Wildman–Crippen LogP) is 2.57. The highest BCUT2D eigenvalue weighted by Gasteiger charge is 2.16. The van der Waals surface area contributed by atoms with Gasteiger partial charge in [0.15, 0.2) is 0 Å². The van der Waals surface area contributed by atoms with Gasteiger partial charge < -0.3 is 16.0 Å². The molecule has 0 spiro atoms. The van der Waals surface area contributed by atoms with Gasteiger partial charge >= 0.3 is 0 Å². The average Bonchev–Trinajstić information content (AvgIpc) is 2.49. The molecule has 0 unspecified atom stereocenters. The zero-order valence-electron chi connectivity index (χ0n) is 12.0. The van der Waals surface area contributed by atoms with Crippen LogP contribution in [0, 0.1) is 5.92 Å². The first-order valence-electron chi connectivity index (χ1n) is 7.28. The molecule has 0 saturated carbocycles. The molecule has 0 atom stereocenters. The Hall–Kier alpha value is -1.81. The number of aromatic nitrogens is 1. The minimum Gasteiger partial charge on any atom is -0.397 e. The highest BCUT2D eigenvalue weighted by atomic mass is 15.1. The number of nitrogens with zero attached hydrogens (tertiary/aromatic N) is 2. The van der Waals surface area contributed by atoms with E-state index in [0.717, 1.165) is 34.6 Å². The van der Waals surface area contributed by atoms with Crippen LogP contribution in [0.2, 0.25) is 0 Å². The van der Waals surface area contributed by atoms with Crippen LogP contribution in [0.25, 0.3) is 10.8 Å². The number of likely N-dealkylation sites (tertiary alicyclic amines) is 1. The first-order valence-corrected chi connectivity index (χ1v) is 7.28. The van der Waals surface area contributed by atoms with E-state index in [-0.39, 0.29) is 0 Å².